The van der Waals surface area contributed by atoms with Crippen molar-refractivity contribution < 1.29 is 0 Å². The third kappa shape index (κ3) is 9.13. The van der Waals surface area contributed by atoms with Crippen molar-refractivity contribution in [3.8, 4) is 0 Å². The minimum atomic E-state index is 0.749. The van der Waals surface area contributed by atoms with Crippen LogP contribution in [0.5, 0.6) is 0 Å². The van der Waals surface area contributed by atoms with Gasteiger partial charge in [0, 0.05) is 6.54 Å². The highest BCUT2D eigenvalue weighted by molar-refractivity contribution is 4.64. The lowest BCUT2D eigenvalue weighted by Gasteiger charge is -2.25. The van der Waals surface area contributed by atoms with Crippen LogP contribution in [0.15, 0.2) is 0 Å². The van der Waals surface area contributed by atoms with E-state index in [0.717, 1.165) is 19.0 Å². The molecule has 0 aromatic rings. The van der Waals surface area contributed by atoms with Gasteiger partial charge in [-0.05, 0) is 59.2 Å². The summed E-state index contributed by atoms with van der Waals surface area (Å²) in [5.74, 6) is 0.749. The Labute approximate surface area is 102 Å². The molecule has 0 amide bonds. The van der Waals surface area contributed by atoms with Crippen molar-refractivity contribution in [3.05, 3.63) is 0 Å². The molecule has 0 aromatic carbocycles. The Kier molecular flexibility index (Phi) is 9.99. The van der Waals surface area contributed by atoms with E-state index in [-0.39, 0.29) is 0 Å². The summed E-state index contributed by atoms with van der Waals surface area (Å²) in [6.45, 7) is 13.8. The molecule has 0 saturated heterocycles. The summed E-state index contributed by atoms with van der Waals surface area (Å²) in [4.78, 5) is 4.82. The molecule has 0 spiro atoms. The lowest BCUT2D eigenvalue weighted by molar-refractivity contribution is 0.232. The Hall–Kier alpha value is -0.120. The monoisotopic (exact) mass is 229 g/mol. The molecular weight excluding hydrogens is 198 g/mol. The van der Waals surface area contributed by atoms with E-state index in [1.165, 1.54) is 32.6 Å². The summed E-state index contributed by atoms with van der Waals surface area (Å²) in [6, 6.07) is 0. The summed E-state index contributed by atoms with van der Waals surface area (Å²) < 4.78 is 0. The maximum absolute atomic E-state index is 3.42. The number of nitrogens with zero attached hydrogens (tertiary/aromatic N) is 2. The van der Waals surface area contributed by atoms with E-state index in [1.807, 2.05) is 0 Å². The second kappa shape index (κ2) is 10.1. The molecule has 1 atom stereocenters. The molecule has 0 radical (unpaired) electrons. The Morgan fingerprint density at radius 1 is 1.12 bits per heavy atom. The molecule has 0 aliphatic carbocycles. The first-order valence-electron chi connectivity index (χ1n) is 6.67. The topological polar surface area (TPSA) is 18.5 Å². The fourth-order valence-corrected chi connectivity index (χ4v) is 1.89. The molecule has 1 unspecified atom stereocenters. The second-order valence-corrected chi connectivity index (χ2v) is 4.96. The van der Waals surface area contributed by atoms with Gasteiger partial charge < -0.3 is 15.1 Å². The molecule has 0 heterocycles. The van der Waals surface area contributed by atoms with Crippen LogP contribution in [0.1, 0.15) is 27.2 Å². The Morgan fingerprint density at radius 2 is 1.81 bits per heavy atom. The van der Waals surface area contributed by atoms with E-state index in [1.54, 1.807) is 0 Å². The third-order valence-electron chi connectivity index (χ3n) is 2.84. The Morgan fingerprint density at radius 3 is 2.31 bits per heavy atom. The van der Waals surface area contributed by atoms with Crippen molar-refractivity contribution in [1.29, 1.82) is 0 Å². The van der Waals surface area contributed by atoms with Gasteiger partial charge in [-0.1, -0.05) is 20.8 Å². The molecule has 0 aliphatic rings. The van der Waals surface area contributed by atoms with Crippen LogP contribution in [-0.2, 0) is 0 Å². The standard InChI is InChI=1S/C13H31N3/c1-6-14-11-13(3)12-16(7-2)10-8-9-15(4)5/h13-14H,6-12H2,1-5H3. The molecule has 0 saturated carbocycles. The van der Waals surface area contributed by atoms with E-state index in [2.05, 4.69) is 50.0 Å². The quantitative estimate of drug-likeness (QED) is 0.612. The molecule has 3 nitrogen and oxygen atoms in total. The van der Waals surface area contributed by atoms with Crippen LogP contribution in [0, 0.1) is 5.92 Å². The van der Waals surface area contributed by atoms with Crippen LogP contribution in [-0.4, -0.2) is 63.2 Å². The van der Waals surface area contributed by atoms with Crippen molar-refractivity contribution in [2.75, 3.05) is 53.4 Å². The Bertz CT molecular complexity index is 148. The summed E-state index contributed by atoms with van der Waals surface area (Å²) >= 11 is 0. The van der Waals surface area contributed by atoms with E-state index in [0.29, 0.717) is 0 Å². The Balaban J connectivity index is 3.64. The smallest absolute Gasteiger partial charge is 0.00190 e. The highest BCUT2D eigenvalue weighted by atomic mass is 15.1. The summed E-state index contributed by atoms with van der Waals surface area (Å²) in [7, 11) is 4.29. The van der Waals surface area contributed by atoms with E-state index in [9.17, 15) is 0 Å². The average Bonchev–Trinajstić information content (AvgIpc) is 2.24. The first kappa shape index (κ1) is 15.9. The molecule has 1 N–H and O–H groups in total. The summed E-state index contributed by atoms with van der Waals surface area (Å²) in [5, 5.41) is 3.42. The van der Waals surface area contributed by atoms with Crippen molar-refractivity contribution >= 4 is 0 Å². The lowest BCUT2D eigenvalue weighted by atomic mass is 10.1. The van der Waals surface area contributed by atoms with Gasteiger partial charge in [-0.3, -0.25) is 0 Å². The normalized spacial score (nSPS) is 13.7. The van der Waals surface area contributed by atoms with E-state index >= 15 is 0 Å². The minimum absolute atomic E-state index is 0.749. The highest BCUT2D eigenvalue weighted by Gasteiger charge is 2.07. The molecule has 0 aromatic heterocycles. The molecule has 16 heavy (non-hydrogen) atoms. The zero-order valence-electron chi connectivity index (χ0n) is 11.9. The summed E-state index contributed by atoms with van der Waals surface area (Å²) in [6.07, 6.45) is 1.27. The highest BCUT2D eigenvalue weighted by Crippen LogP contribution is 2.00. The van der Waals surface area contributed by atoms with Crippen LogP contribution in [0.3, 0.4) is 0 Å². The zero-order valence-corrected chi connectivity index (χ0v) is 11.9. The van der Waals surface area contributed by atoms with Crippen molar-refractivity contribution in [3.63, 3.8) is 0 Å². The molecule has 98 valence electrons. The van der Waals surface area contributed by atoms with Crippen LogP contribution < -0.4 is 5.32 Å². The molecular formula is C13H31N3. The van der Waals surface area contributed by atoms with Gasteiger partial charge in [-0.2, -0.15) is 0 Å². The average molecular weight is 229 g/mol. The third-order valence-corrected chi connectivity index (χ3v) is 2.84. The first-order chi connectivity index (χ1) is 7.60. The summed E-state index contributed by atoms with van der Waals surface area (Å²) in [5.41, 5.74) is 0. The van der Waals surface area contributed by atoms with E-state index in [4.69, 9.17) is 0 Å². The molecule has 0 rings (SSSR count). The van der Waals surface area contributed by atoms with Gasteiger partial charge in [0.2, 0.25) is 0 Å². The van der Waals surface area contributed by atoms with Gasteiger partial charge >= 0.3 is 0 Å². The van der Waals surface area contributed by atoms with Crippen molar-refractivity contribution in [2.45, 2.75) is 27.2 Å². The van der Waals surface area contributed by atoms with Crippen molar-refractivity contribution in [2.24, 2.45) is 5.92 Å². The van der Waals surface area contributed by atoms with Gasteiger partial charge in [0.1, 0.15) is 0 Å². The molecule has 0 bridgehead atoms. The largest absolute Gasteiger partial charge is 0.317 e. The first-order valence-corrected chi connectivity index (χ1v) is 6.67. The lowest BCUT2D eigenvalue weighted by Crippen LogP contribution is -2.34. The van der Waals surface area contributed by atoms with Crippen LogP contribution in [0.25, 0.3) is 0 Å². The van der Waals surface area contributed by atoms with Crippen LogP contribution in [0.4, 0.5) is 0 Å². The zero-order chi connectivity index (χ0) is 12.4. The second-order valence-electron chi connectivity index (χ2n) is 4.96. The fraction of sp³-hybridized carbons (Fsp3) is 1.00. The van der Waals surface area contributed by atoms with Gasteiger partial charge in [0.25, 0.3) is 0 Å². The van der Waals surface area contributed by atoms with Gasteiger partial charge in [-0.15, -0.1) is 0 Å². The SMILES string of the molecule is CCNCC(C)CN(CC)CCCN(C)C. The molecule has 3 heteroatoms. The maximum Gasteiger partial charge on any atom is 0.00190 e. The number of rotatable bonds is 10. The number of hydrogen-bond acceptors (Lipinski definition) is 3. The van der Waals surface area contributed by atoms with Gasteiger partial charge in [-0.25, -0.2) is 0 Å². The van der Waals surface area contributed by atoms with Crippen LogP contribution >= 0.6 is 0 Å². The number of hydrogen-bond donors (Lipinski definition) is 1. The van der Waals surface area contributed by atoms with Gasteiger partial charge in [0.15, 0.2) is 0 Å². The minimum Gasteiger partial charge on any atom is -0.317 e. The number of nitrogens with one attached hydrogen (secondary N) is 1. The predicted molar refractivity (Wildman–Crippen MR) is 73.0 cm³/mol. The maximum atomic E-state index is 3.42. The predicted octanol–water partition coefficient (Wildman–Crippen LogP) is 1.51. The van der Waals surface area contributed by atoms with Crippen LogP contribution in [0.2, 0.25) is 0 Å². The fourth-order valence-electron chi connectivity index (χ4n) is 1.89. The van der Waals surface area contributed by atoms with Crippen molar-refractivity contribution in [1.82, 2.24) is 15.1 Å². The van der Waals surface area contributed by atoms with Gasteiger partial charge in [0.05, 0.1) is 0 Å². The van der Waals surface area contributed by atoms with E-state index < -0.39 is 0 Å². The molecule has 0 fully saturated rings. The molecule has 0 aliphatic heterocycles.